The average Bonchev–Trinajstić information content (AvgIpc) is 3.25. The normalized spacial score (nSPS) is 23.0. The van der Waals surface area contributed by atoms with Gasteiger partial charge in [-0.05, 0) is 43.0 Å². The van der Waals surface area contributed by atoms with Crippen LogP contribution >= 0.6 is 11.3 Å². The first-order valence-electron chi connectivity index (χ1n) is 8.99. The summed E-state index contributed by atoms with van der Waals surface area (Å²) in [5.41, 5.74) is 0. The highest BCUT2D eigenvalue weighted by Gasteiger charge is 2.31. The van der Waals surface area contributed by atoms with E-state index in [9.17, 15) is 9.59 Å². The number of thiophene rings is 1. The lowest BCUT2D eigenvalue weighted by Crippen LogP contribution is -2.52. The lowest BCUT2D eigenvalue weighted by molar-refractivity contribution is -0.119. The summed E-state index contributed by atoms with van der Waals surface area (Å²) in [6.07, 6.45) is 6.79. The van der Waals surface area contributed by atoms with E-state index in [4.69, 9.17) is 0 Å². The van der Waals surface area contributed by atoms with Crippen LogP contribution in [0.2, 0.25) is 0 Å². The lowest BCUT2D eigenvalue weighted by atomic mass is 9.96. The number of hydrogen-bond donors (Lipinski definition) is 2. The van der Waals surface area contributed by atoms with Crippen LogP contribution in [0.5, 0.6) is 0 Å². The van der Waals surface area contributed by atoms with Gasteiger partial charge in [-0.1, -0.05) is 18.9 Å². The van der Waals surface area contributed by atoms with Gasteiger partial charge in [0.05, 0.1) is 6.04 Å². The Labute approximate surface area is 147 Å². The van der Waals surface area contributed by atoms with Gasteiger partial charge in [0.25, 0.3) is 0 Å². The molecule has 1 saturated carbocycles. The second-order valence-electron chi connectivity index (χ2n) is 6.97. The highest BCUT2D eigenvalue weighted by Crippen LogP contribution is 2.37. The maximum Gasteiger partial charge on any atom is 0.317 e. The van der Waals surface area contributed by atoms with Crippen molar-refractivity contribution < 1.29 is 9.59 Å². The van der Waals surface area contributed by atoms with E-state index in [-0.39, 0.29) is 24.0 Å². The van der Waals surface area contributed by atoms with Crippen molar-refractivity contribution in [3.05, 3.63) is 22.4 Å². The first kappa shape index (κ1) is 17.3. The van der Waals surface area contributed by atoms with Gasteiger partial charge in [-0.25, -0.2) is 4.79 Å². The number of amides is 3. The minimum Gasteiger partial charge on any atom is -0.352 e. The van der Waals surface area contributed by atoms with E-state index >= 15 is 0 Å². The number of rotatable bonds is 4. The molecule has 6 heteroatoms. The molecule has 0 unspecified atom stereocenters. The molecule has 1 aliphatic heterocycles. The molecule has 2 atom stereocenters. The molecule has 132 valence electrons. The van der Waals surface area contributed by atoms with Crippen LogP contribution in [0.1, 0.15) is 56.4 Å². The Balaban J connectivity index is 1.63. The zero-order valence-corrected chi connectivity index (χ0v) is 15.1. The van der Waals surface area contributed by atoms with Crippen molar-refractivity contribution in [1.82, 2.24) is 15.5 Å². The van der Waals surface area contributed by atoms with Crippen LogP contribution < -0.4 is 10.6 Å². The summed E-state index contributed by atoms with van der Waals surface area (Å²) in [5.74, 6) is 0.521. The zero-order chi connectivity index (χ0) is 16.9. The van der Waals surface area contributed by atoms with Crippen molar-refractivity contribution >= 4 is 23.3 Å². The Morgan fingerprint density at radius 1 is 1.25 bits per heavy atom. The van der Waals surface area contributed by atoms with Crippen LogP contribution in [0.15, 0.2) is 17.5 Å². The van der Waals surface area contributed by atoms with Crippen LogP contribution in [-0.4, -0.2) is 36.0 Å². The molecule has 0 spiro atoms. The molecule has 3 rings (SSSR count). The predicted octanol–water partition coefficient (Wildman–Crippen LogP) is 3.29. The van der Waals surface area contributed by atoms with Gasteiger partial charge in [-0.15, -0.1) is 11.3 Å². The molecule has 3 amide bonds. The number of likely N-dealkylation sites (tertiary alicyclic amines) is 1. The largest absolute Gasteiger partial charge is 0.352 e. The number of carbonyl (C=O) groups is 2. The van der Waals surface area contributed by atoms with E-state index in [0.29, 0.717) is 12.5 Å². The van der Waals surface area contributed by atoms with Crippen LogP contribution in [0, 0.1) is 5.92 Å². The molecule has 2 aliphatic rings. The Morgan fingerprint density at radius 2 is 2.04 bits per heavy atom. The highest BCUT2D eigenvalue weighted by molar-refractivity contribution is 7.10. The maximum atomic E-state index is 12.8. The van der Waals surface area contributed by atoms with Crippen LogP contribution in [-0.2, 0) is 4.79 Å². The van der Waals surface area contributed by atoms with Crippen LogP contribution in [0.3, 0.4) is 0 Å². The second kappa shape index (κ2) is 8.01. The van der Waals surface area contributed by atoms with E-state index in [0.717, 1.165) is 19.4 Å². The Morgan fingerprint density at radius 3 is 2.71 bits per heavy atom. The first-order valence-corrected chi connectivity index (χ1v) is 9.87. The fraction of sp³-hybridized carbons (Fsp3) is 0.667. The number of carbonyl (C=O) groups excluding carboxylic acids is 2. The summed E-state index contributed by atoms with van der Waals surface area (Å²) >= 11 is 1.73. The summed E-state index contributed by atoms with van der Waals surface area (Å²) in [6, 6.07) is 4.40. The van der Waals surface area contributed by atoms with Gasteiger partial charge in [0.2, 0.25) is 5.91 Å². The SMILES string of the molecule is CC(=O)N[C@H]1CCCN(C(=O)N[C@H](c2cccs2)C2CCCC2)C1. The van der Waals surface area contributed by atoms with Gasteiger partial charge in [-0.3, -0.25) is 4.79 Å². The molecular weight excluding hydrogens is 322 g/mol. The Bertz CT molecular complexity index is 555. The van der Waals surface area contributed by atoms with Crippen molar-refractivity contribution in [1.29, 1.82) is 0 Å². The average molecular weight is 350 g/mol. The zero-order valence-electron chi connectivity index (χ0n) is 14.3. The molecule has 1 aromatic rings. The second-order valence-corrected chi connectivity index (χ2v) is 7.95. The number of hydrogen-bond acceptors (Lipinski definition) is 3. The number of nitrogens with zero attached hydrogens (tertiary/aromatic N) is 1. The van der Waals surface area contributed by atoms with Gasteiger partial charge in [0.1, 0.15) is 0 Å². The monoisotopic (exact) mass is 349 g/mol. The molecule has 0 bridgehead atoms. The van der Waals surface area contributed by atoms with E-state index in [1.807, 2.05) is 4.90 Å². The number of nitrogens with one attached hydrogen (secondary N) is 2. The van der Waals surface area contributed by atoms with E-state index in [1.54, 1.807) is 11.3 Å². The predicted molar refractivity (Wildman–Crippen MR) is 96.0 cm³/mol. The van der Waals surface area contributed by atoms with Crippen molar-refractivity contribution in [3.8, 4) is 0 Å². The van der Waals surface area contributed by atoms with Gasteiger partial charge in [0.15, 0.2) is 0 Å². The van der Waals surface area contributed by atoms with Crippen molar-refractivity contribution in [3.63, 3.8) is 0 Å². The quantitative estimate of drug-likeness (QED) is 0.876. The van der Waals surface area contributed by atoms with E-state index < -0.39 is 0 Å². The van der Waals surface area contributed by atoms with Crippen LogP contribution in [0.25, 0.3) is 0 Å². The minimum atomic E-state index is -0.0234. The van der Waals surface area contributed by atoms with E-state index in [1.165, 1.54) is 37.5 Å². The Kier molecular flexibility index (Phi) is 5.76. The first-order chi connectivity index (χ1) is 11.6. The molecule has 1 aliphatic carbocycles. The smallest absolute Gasteiger partial charge is 0.317 e. The standard InChI is InChI=1S/C18H27N3O2S/c1-13(22)19-15-8-4-10-21(12-15)18(23)20-17(14-6-2-3-7-14)16-9-5-11-24-16/h5,9,11,14-15,17H,2-4,6-8,10,12H2,1H3,(H,19,22)(H,20,23)/t15-,17-/m0/s1. The molecule has 5 nitrogen and oxygen atoms in total. The summed E-state index contributed by atoms with van der Waals surface area (Å²) in [6.45, 7) is 2.91. The maximum absolute atomic E-state index is 12.8. The van der Waals surface area contributed by atoms with Crippen molar-refractivity contribution in [2.24, 2.45) is 5.92 Å². The molecule has 0 radical (unpaired) electrons. The molecule has 1 saturated heterocycles. The van der Waals surface area contributed by atoms with Crippen molar-refractivity contribution in [2.75, 3.05) is 13.1 Å². The minimum absolute atomic E-state index is 0.00959. The van der Waals surface area contributed by atoms with Gasteiger partial charge in [0, 0.05) is 30.9 Å². The molecule has 24 heavy (non-hydrogen) atoms. The summed E-state index contributed by atoms with van der Waals surface area (Å²) in [4.78, 5) is 27.2. The number of urea groups is 1. The molecule has 2 fully saturated rings. The fourth-order valence-electron chi connectivity index (χ4n) is 3.97. The van der Waals surface area contributed by atoms with Crippen LogP contribution in [0.4, 0.5) is 4.79 Å². The van der Waals surface area contributed by atoms with Crippen molar-refractivity contribution in [2.45, 2.75) is 57.5 Å². The molecule has 2 N–H and O–H groups in total. The van der Waals surface area contributed by atoms with E-state index in [2.05, 4.69) is 28.1 Å². The van der Waals surface area contributed by atoms with Gasteiger partial charge >= 0.3 is 6.03 Å². The molecular formula is C18H27N3O2S. The lowest BCUT2D eigenvalue weighted by Gasteiger charge is -2.35. The molecule has 1 aromatic heterocycles. The highest BCUT2D eigenvalue weighted by atomic mass is 32.1. The molecule has 0 aromatic carbocycles. The topological polar surface area (TPSA) is 61.4 Å². The molecule has 2 heterocycles. The summed E-state index contributed by atoms with van der Waals surface area (Å²) < 4.78 is 0. The summed E-state index contributed by atoms with van der Waals surface area (Å²) in [7, 11) is 0. The summed E-state index contributed by atoms with van der Waals surface area (Å²) in [5, 5.41) is 8.31. The van der Waals surface area contributed by atoms with Gasteiger partial charge in [-0.2, -0.15) is 0 Å². The third kappa shape index (κ3) is 4.29. The van der Waals surface area contributed by atoms with Gasteiger partial charge < -0.3 is 15.5 Å². The fourth-order valence-corrected chi connectivity index (χ4v) is 4.84. The third-order valence-corrected chi connectivity index (χ3v) is 6.07. The third-order valence-electron chi connectivity index (χ3n) is 5.12. The Hall–Kier alpha value is -1.56. The number of piperidine rings is 1.